The van der Waals surface area contributed by atoms with Gasteiger partial charge in [0.15, 0.2) is 0 Å². The lowest BCUT2D eigenvalue weighted by atomic mass is 9.90. The molecule has 3 fully saturated rings. The number of nitrogens with zero attached hydrogens (tertiary/aromatic N) is 2. The summed E-state index contributed by atoms with van der Waals surface area (Å²) in [5, 5.41) is 14.3. The number of halogens is 5. The molecule has 2 aliphatic heterocycles. The summed E-state index contributed by atoms with van der Waals surface area (Å²) < 4.78 is 56.8. The summed E-state index contributed by atoms with van der Waals surface area (Å²) >= 11 is 5.92. The number of nitrogens with one attached hydrogen (secondary N) is 3. The molecule has 1 aliphatic carbocycles. The molecule has 0 bridgehead atoms. The van der Waals surface area contributed by atoms with Crippen LogP contribution in [0.4, 0.5) is 17.6 Å². The fourth-order valence-electron chi connectivity index (χ4n) is 6.05. The van der Waals surface area contributed by atoms with Gasteiger partial charge in [0, 0.05) is 43.3 Å². The Hall–Kier alpha value is -3.33. The largest absolute Gasteiger partial charge is 0.356 e. The highest BCUT2D eigenvalue weighted by Crippen LogP contribution is 2.50. The smallest absolute Gasteiger partial charge is 0.271 e. The number of fused-ring (bicyclic) bond motifs is 2. The second-order valence-electron chi connectivity index (χ2n) is 10.3. The van der Waals surface area contributed by atoms with Crippen molar-refractivity contribution in [3.8, 4) is 6.07 Å². The van der Waals surface area contributed by atoms with Crippen molar-refractivity contribution in [2.45, 2.75) is 50.1 Å². The zero-order valence-electron chi connectivity index (χ0n) is 20.0. The number of piperidine rings is 1. The van der Waals surface area contributed by atoms with Crippen LogP contribution in [-0.4, -0.2) is 58.7 Å². The van der Waals surface area contributed by atoms with Crippen LogP contribution >= 0.6 is 11.6 Å². The number of carbonyl (C=O) groups excluding carboxylic acids is 3. The molecule has 13 heteroatoms. The predicted molar refractivity (Wildman–Crippen MR) is 127 cm³/mol. The zero-order valence-corrected chi connectivity index (χ0v) is 20.8. The van der Waals surface area contributed by atoms with Crippen LogP contribution in [0.1, 0.15) is 42.6 Å². The van der Waals surface area contributed by atoms with Gasteiger partial charge < -0.3 is 20.5 Å². The van der Waals surface area contributed by atoms with Gasteiger partial charge in [-0.2, -0.15) is 5.26 Å². The van der Waals surface area contributed by atoms with Crippen molar-refractivity contribution in [2.75, 3.05) is 13.1 Å². The van der Waals surface area contributed by atoms with E-state index in [9.17, 15) is 37.2 Å². The van der Waals surface area contributed by atoms with E-state index in [1.54, 1.807) is 0 Å². The number of carbonyl (C=O) groups is 3. The maximum Gasteiger partial charge on any atom is 0.271 e. The molecule has 2 aromatic rings. The van der Waals surface area contributed by atoms with E-state index < -0.39 is 77.1 Å². The fourth-order valence-corrected chi connectivity index (χ4v) is 6.25. The van der Waals surface area contributed by atoms with Crippen LogP contribution in [0.5, 0.6) is 0 Å². The van der Waals surface area contributed by atoms with E-state index in [1.165, 1.54) is 0 Å². The molecule has 0 unspecified atom stereocenters. The standard InChI is InChI=1S/C25H24ClF4N5O3/c26-19-17(28)6-16(27)14-5-18(34-20(14)19)24(38)35-10-12-7-25(29,30)8-15(12)21(35)23(37)33-13(9-31)4-11-2-1-3-32-22(11)36/h5-6,11-13,15,21,34H,1-4,7-8,10H2,(H,32,36)(H,33,37)/t11-,12+,13+,15+,21-/m0/s1. The minimum absolute atomic E-state index is 0.0460. The van der Waals surface area contributed by atoms with Gasteiger partial charge in [0.25, 0.3) is 5.91 Å². The fraction of sp³-hybridized carbons (Fsp3) is 0.520. The number of amides is 3. The zero-order chi connectivity index (χ0) is 27.4. The van der Waals surface area contributed by atoms with Gasteiger partial charge in [-0.05, 0) is 37.2 Å². The quantitative estimate of drug-likeness (QED) is 0.388. The number of nitriles is 1. The third-order valence-corrected chi connectivity index (χ3v) is 8.15. The van der Waals surface area contributed by atoms with E-state index >= 15 is 0 Å². The van der Waals surface area contributed by atoms with E-state index in [4.69, 9.17) is 11.6 Å². The molecule has 3 N–H and O–H groups in total. The Balaban J connectivity index is 1.41. The first-order chi connectivity index (χ1) is 18.0. The summed E-state index contributed by atoms with van der Waals surface area (Å²) in [6.07, 6.45) is 0.203. The molecule has 5 atom stereocenters. The molecule has 1 saturated carbocycles. The number of hydrogen-bond donors (Lipinski definition) is 3. The number of H-pyrrole nitrogens is 1. The monoisotopic (exact) mass is 553 g/mol. The molecule has 3 aliphatic rings. The molecule has 2 saturated heterocycles. The third kappa shape index (κ3) is 4.68. The molecule has 202 valence electrons. The van der Waals surface area contributed by atoms with Crippen LogP contribution in [0.3, 0.4) is 0 Å². The molecular formula is C25H24ClF4N5O3. The molecule has 3 amide bonds. The van der Waals surface area contributed by atoms with Gasteiger partial charge in [-0.15, -0.1) is 0 Å². The van der Waals surface area contributed by atoms with Gasteiger partial charge in [-0.3, -0.25) is 14.4 Å². The average Bonchev–Trinajstić information content (AvgIpc) is 3.53. The second-order valence-corrected chi connectivity index (χ2v) is 10.7. The van der Waals surface area contributed by atoms with Crippen LogP contribution in [-0.2, 0) is 9.59 Å². The van der Waals surface area contributed by atoms with E-state index in [2.05, 4.69) is 15.6 Å². The topological polar surface area (TPSA) is 118 Å². The van der Waals surface area contributed by atoms with Crippen LogP contribution in [0, 0.1) is 40.7 Å². The molecule has 38 heavy (non-hydrogen) atoms. The summed E-state index contributed by atoms with van der Waals surface area (Å²) in [6.45, 7) is 0.379. The molecule has 1 aromatic heterocycles. The lowest BCUT2D eigenvalue weighted by Crippen LogP contribution is -2.52. The number of likely N-dealkylation sites (tertiary alicyclic amines) is 1. The van der Waals surface area contributed by atoms with Crippen molar-refractivity contribution < 1.29 is 31.9 Å². The summed E-state index contributed by atoms with van der Waals surface area (Å²) in [5.41, 5.74) is -0.332. The first-order valence-corrected chi connectivity index (χ1v) is 12.7. The minimum atomic E-state index is -3.01. The molecule has 0 spiro atoms. The van der Waals surface area contributed by atoms with Gasteiger partial charge in [-0.25, -0.2) is 17.6 Å². The number of alkyl halides is 2. The molecular weight excluding hydrogens is 530 g/mol. The number of benzene rings is 1. The van der Waals surface area contributed by atoms with Gasteiger partial charge in [0.2, 0.25) is 17.7 Å². The first-order valence-electron chi connectivity index (χ1n) is 12.3. The average molecular weight is 554 g/mol. The number of aromatic amines is 1. The highest BCUT2D eigenvalue weighted by atomic mass is 35.5. The Morgan fingerprint density at radius 1 is 1.26 bits per heavy atom. The second kappa shape index (κ2) is 9.76. The minimum Gasteiger partial charge on any atom is -0.356 e. The van der Waals surface area contributed by atoms with Crippen LogP contribution < -0.4 is 10.6 Å². The van der Waals surface area contributed by atoms with Crippen molar-refractivity contribution in [3.63, 3.8) is 0 Å². The summed E-state index contributed by atoms with van der Waals surface area (Å²) in [6, 6.07) is 1.28. The Labute approximate surface area is 219 Å². The van der Waals surface area contributed by atoms with E-state index in [-0.39, 0.29) is 35.5 Å². The van der Waals surface area contributed by atoms with Crippen molar-refractivity contribution in [3.05, 3.63) is 34.5 Å². The highest BCUT2D eigenvalue weighted by Gasteiger charge is 2.58. The van der Waals surface area contributed by atoms with Crippen molar-refractivity contribution in [1.29, 1.82) is 5.26 Å². The van der Waals surface area contributed by atoms with Crippen LogP contribution in [0.2, 0.25) is 5.02 Å². The Bertz CT molecular complexity index is 1360. The Morgan fingerprint density at radius 3 is 2.74 bits per heavy atom. The molecule has 1 aromatic carbocycles. The predicted octanol–water partition coefficient (Wildman–Crippen LogP) is 3.51. The molecule has 3 heterocycles. The maximum absolute atomic E-state index is 14.3. The number of aromatic nitrogens is 1. The first kappa shape index (κ1) is 26.3. The van der Waals surface area contributed by atoms with Crippen molar-refractivity contribution in [1.82, 2.24) is 20.5 Å². The highest BCUT2D eigenvalue weighted by molar-refractivity contribution is 6.35. The maximum atomic E-state index is 14.3. The number of rotatable bonds is 5. The van der Waals surface area contributed by atoms with Crippen molar-refractivity contribution in [2.24, 2.45) is 17.8 Å². The summed E-state index contributed by atoms with van der Waals surface area (Å²) in [4.78, 5) is 42.8. The third-order valence-electron chi connectivity index (χ3n) is 7.78. The normalized spacial score (nSPS) is 27.1. The molecule has 5 rings (SSSR count). The van der Waals surface area contributed by atoms with E-state index in [0.29, 0.717) is 19.0 Å². The van der Waals surface area contributed by atoms with Crippen LogP contribution in [0.25, 0.3) is 10.9 Å². The number of hydrogen-bond acceptors (Lipinski definition) is 4. The summed E-state index contributed by atoms with van der Waals surface area (Å²) in [7, 11) is 0. The summed E-state index contributed by atoms with van der Waals surface area (Å²) in [5.74, 6) is -8.77. The van der Waals surface area contributed by atoms with Crippen LogP contribution in [0.15, 0.2) is 12.1 Å². The van der Waals surface area contributed by atoms with Crippen molar-refractivity contribution >= 4 is 40.2 Å². The van der Waals surface area contributed by atoms with Gasteiger partial charge in [-0.1, -0.05) is 11.6 Å². The van der Waals surface area contributed by atoms with Gasteiger partial charge in [0.05, 0.1) is 11.6 Å². The van der Waals surface area contributed by atoms with E-state index in [0.717, 1.165) is 17.4 Å². The Morgan fingerprint density at radius 2 is 2.03 bits per heavy atom. The molecule has 8 nitrogen and oxygen atoms in total. The molecule has 0 radical (unpaired) electrons. The Kier molecular flexibility index (Phi) is 6.75. The lowest BCUT2D eigenvalue weighted by Gasteiger charge is -2.29. The van der Waals surface area contributed by atoms with Gasteiger partial charge in [0.1, 0.15) is 34.4 Å². The van der Waals surface area contributed by atoms with Gasteiger partial charge >= 0.3 is 0 Å². The lowest BCUT2D eigenvalue weighted by molar-refractivity contribution is -0.129. The van der Waals surface area contributed by atoms with E-state index in [1.807, 2.05) is 6.07 Å². The SMILES string of the molecule is N#C[C@@H](C[C@@H]1CCCNC1=O)NC(=O)[C@@H]1[C@@H]2CC(F)(F)C[C@@H]2CN1C(=O)c1cc2c(F)cc(F)c(Cl)c2[nH]1.